The van der Waals surface area contributed by atoms with Gasteiger partial charge in [-0.15, -0.1) is 10.2 Å². The van der Waals surface area contributed by atoms with Crippen molar-refractivity contribution in [2.24, 2.45) is 0 Å². The molecule has 1 aromatic carbocycles. The number of hydrogen-bond donors (Lipinski definition) is 0. The molecule has 0 aliphatic heterocycles. The van der Waals surface area contributed by atoms with Crippen LogP contribution in [-0.2, 0) is 0 Å². The molecule has 0 unspecified atom stereocenters. The van der Waals surface area contributed by atoms with E-state index in [1.807, 2.05) is 6.92 Å². The molecular formula is C9H7FN2S. The first-order valence-corrected chi connectivity index (χ1v) is 4.68. The first kappa shape index (κ1) is 8.31. The lowest BCUT2D eigenvalue weighted by atomic mass is 10.1. The molecular weight excluding hydrogens is 187 g/mol. The molecule has 4 heteroatoms. The van der Waals surface area contributed by atoms with Gasteiger partial charge in [0, 0.05) is 5.56 Å². The molecule has 0 bridgehead atoms. The molecule has 2 aromatic rings. The van der Waals surface area contributed by atoms with Gasteiger partial charge < -0.3 is 0 Å². The van der Waals surface area contributed by atoms with Crippen LogP contribution in [-0.4, -0.2) is 10.2 Å². The summed E-state index contributed by atoms with van der Waals surface area (Å²) in [6.07, 6.45) is 0. The molecule has 0 saturated carbocycles. The van der Waals surface area contributed by atoms with Gasteiger partial charge in [0.2, 0.25) is 0 Å². The number of hydrogen-bond acceptors (Lipinski definition) is 3. The van der Waals surface area contributed by atoms with Crippen molar-refractivity contribution in [3.63, 3.8) is 0 Å². The lowest BCUT2D eigenvalue weighted by Crippen LogP contribution is -1.84. The van der Waals surface area contributed by atoms with Gasteiger partial charge in [-0.1, -0.05) is 23.0 Å². The molecule has 0 amide bonds. The Bertz CT molecular complexity index is 412. The van der Waals surface area contributed by atoms with E-state index in [2.05, 4.69) is 10.2 Å². The van der Waals surface area contributed by atoms with E-state index in [1.54, 1.807) is 17.6 Å². The summed E-state index contributed by atoms with van der Waals surface area (Å²) in [5.41, 5.74) is 3.14. The smallest absolute Gasteiger partial charge is 0.150 e. The van der Waals surface area contributed by atoms with E-state index in [1.165, 1.54) is 17.4 Å². The lowest BCUT2D eigenvalue weighted by molar-refractivity contribution is 0.630. The second kappa shape index (κ2) is 3.22. The molecule has 0 fully saturated rings. The van der Waals surface area contributed by atoms with E-state index >= 15 is 0 Å². The van der Waals surface area contributed by atoms with Crippen LogP contribution in [0, 0.1) is 12.7 Å². The maximum Gasteiger partial charge on any atom is 0.150 e. The minimum Gasteiger partial charge on any atom is -0.206 e. The van der Waals surface area contributed by atoms with Crippen LogP contribution >= 0.6 is 11.3 Å². The van der Waals surface area contributed by atoms with E-state index in [9.17, 15) is 4.39 Å². The average Bonchev–Trinajstić information content (AvgIpc) is 2.61. The van der Waals surface area contributed by atoms with Crippen molar-refractivity contribution >= 4 is 11.3 Å². The van der Waals surface area contributed by atoms with Gasteiger partial charge in [-0.25, -0.2) is 4.39 Å². The second-order valence-corrected chi connectivity index (χ2v) is 3.56. The summed E-state index contributed by atoms with van der Waals surface area (Å²) in [5.74, 6) is -0.248. The zero-order valence-electron chi connectivity index (χ0n) is 6.99. The van der Waals surface area contributed by atoms with Gasteiger partial charge in [-0.05, 0) is 19.1 Å². The largest absolute Gasteiger partial charge is 0.206 e. The first-order valence-electron chi connectivity index (χ1n) is 3.80. The van der Waals surface area contributed by atoms with E-state index in [-0.39, 0.29) is 5.82 Å². The Kier molecular flexibility index (Phi) is 2.06. The van der Waals surface area contributed by atoms with Gasteiger partial charge in [0.15, 0.2) is 5.01 Å². The fourth-order valence-electron chi connectivity index (χ4n) is 1.09. The quantitative estimate of drug-likeness (QED) is 0.697. The number of benzene rings is 1. The summed E-state index contributed by atoms with van der Waals surface area (Å²) < 4.78 is 13.3. The summed E-state index contributed by atoms with van der Waals surface area (Å²) >= 11 is 1.34. The molecule has 13 heavy (non-hydrogen) atoms. The van der Waals surface area contributed by atoms with Crippen molar-refractivity contribution in [2.75, 3.05) is 0 Å². The zero-order chi connectivity index (χ0) is 9.26. The van der Waals surface area contributed by atoms with Gasteiger partial charge in [-0.2, -0.15) is 0 Å². The van der Waals surface area contributed by atoms with Crippen molar-refractivity contribution in [1.29, 1.82) is 0 Å². The van der Waals surface area contributed by atoms with Gasteiger partial charge in [0.25, 0.3) is 0 Å². The molecule has 0 atom stereocenters. The molecule has 0 radical (unpaired) electrons. The molecule has 1 aromatic heterocycles. The van der Waals surface area contributed by atoms with Crippen molar-refractivity contribution in [3.8, 4) is 10.6 Å². The predicted octanol–water partition coefficient (Wildman–Crippen LogP) is 2.65. The van der Waals surface area contributed by atoms with Crippen molar-refractivity contribution in [1.82, 2.24) is 10.2 Å². The second-order valence-electron chi connectivity index (χ2n) is 2.73. The Morgan fingerprint density at radius 3 is 2.92 bits per heavy atom. The Labute approximate surface area is 79.1 Å². The van der Waals surface area contributed by atoms with Gasteiger partial charge in [0.1, 0.15) is 11.3 Å². The number of aromatic nitrogens is 2. The topological polar surface area (TPSA) is 25.8 Å². The van der Waals surface area contributed by atoms with Crippen LogP contribution in [0.3, 0.4) is 0 Å². The van der Waals surface area contributed by atoms with Crippen LogP contribution < -0.4 is 0 Å². The third kappa shape index (κ3) is 1.58. The van der Waals surface area contributed by atoms with Gasteiger partial charge >= 0.3 is 0 Å². The van der Waals surface area contributed by atoms with Crippen LogP contribution in [0.25, 0.3) is 10.6 Å². The van der Waals surface area contributed by atoms with Crippen LogP contribution in [0.1, 0.15) is 5.56 Å². The number of halogens is 1. The predicted molar refractivity (Wildman–Crippen MR) is 50.0 cm³/mol. The van der Waals surface area contributed by atoms with Gasteiger partial charge in [-0.3, -0.25) is 0 Å². The summed E-state index contributed by atoms with van der Waals surface area (Å²) in [6.45, 7) is 1.92. The third-order valence-corrected chi connectivity index (χ3v) is 2.44. The zero-order valence-corrected chi connectivity index (χ0v) is 7.81. The Balaban J connectivity index is 2.57. The SMILES string of the molecule is Cc1ccc(F)c(-c2nncs2)c1. The Morgan fingerprint density at radius 2 is 2.23 bits per heavy atom. The highest BCUT2D eigenvalue weighted by molar-refractivity contribution is 7.12. The molecule has 0 aliphatic carbocycles. The van der Waals surface area contributed by atoms with Crippen LogP contribution in [0.5, 0.6) is 0 Å². The molecule has 2 nitrogen and oxygen atoms in total. The molecule has 1 heterocycles. The molecule has 0 spiro atoms. The van der Waals surface area contributed by atoms with Crippen LogP contribution in [0.4, 0.5) is 4.39 Å². The van der Waals surface area contributed by atoms with Crippen molar-refractivity contribution in [2.45, 2.75) is 6.92 Å². The molecule has 66 valence electrons. The Morgan fingerprint density at radius 1 is 1.38 bits per heavy atom. The van der Waals surface area contributed by atoms with Crippen LogP contribution in [0.15, 0.2) is 23.7 Å². The fourth-order valence-corrected chi connectivity index (χ4v) is 1.67. The number of nitrogens with zero attached hydrogens (tertiary/aromatic N) is 2. The molecule has 2 rings (SSSR count). The third-order valence-electron chi connectivity index (χ3n) is 1.71. The van der Waals surface area contributed by atoms with Crippen molar-refractivity contribution < 1.29 is 4.39 Å². The van der Waals surface area contributed by atoms with E-state index < -0.39 is 0 Å². The first-order chi connectivity index (χ1) is 6.27. The average molecular weight is 194 g/mol. The van der Waals surface area contributed by atoms with E-state index in [0.29, 0.717) is 10.6 Å². The van der Waals surface area contributed by atoms with E-state index in [4.69, 9.17) is 0 Å². The summed E-state index contributed by atoms with van der Waals surface area (Å²) in [6, 6.07) is 4.96. The highest BCUT2D eigenvalue weighted by Gasteiger charge is 2.07. The molecule has 0 saturated heterocycles. The minimum atomic E-state index is -0.248. The number of rotatable bonds is 1. The normalized spacial score (nSPS) is 10.3. The maximum atomic E-state index is 13.3. The molecule has 0 aliphatic rings. The minimum absolute atomic E-state index is 0.248. The van der Waals surface area contributed by atoms with Crippen LogP contribution in [0.2, 0.25) is 0 Å². The van der Waals surface area contributed by atoms with Gasteiger partial charge in [0.05, 0.1) is 0 Å². The molecule has 0 N–H and O–H groups in total. The lowest BCUT2D eigenvalue weighted by Gasteiger charge is -1.98. The van der Waals surface area contributed by atoms with E-state index in [0.717, 1.165) is 5.56 Å². The summed E-state index contributed by atoms with van der Waals surface area (Å²) in [4.78, 5) is 0. The Hall–Kier alpha value is -1.29. The standard InChI is InChI=1S/C9H7FN2S/c1-6-2-3-8(10)7(4-6)9-12-11-5-13-9/h2-5H,1H3. The highest BCUT2D eigenvalue weighted by Crippen LogP contribution is 2.24. The monoisotopic (exact) mass is 194 g/mol. The summed E-state index contributed by atoms with van der Waals surface area (Å²) in [5, 5.41) is 8.11. The van der Waals surface area contributed by atoms with Crippen molar-refractivity contribution in [3.05, 3.63) is 35.1 Å². The number of aryl methyl sites for hydroxylation is 1. The summed E-state index contributed by atoms with van der Waals surface area (Å²) in [7, 11) is 0. The maximum absolute atomic E-state index is 13.3. The highest BCUT2D eigenvalue weighted by atomic mass is 32.1. The fraction of sp³-hybridized carbons (Fsp3) is 0.111.